The van der Waals surface area contributed by atoms with Crippen LogP contribution in [0.1, 0.15) is 321 Å². The van der Waals surface area contributed by atoms with Crippen LogP contribution in [0, 0.1) is 0 Å². The minimum atomic E-state index is -0.530. The smallest absolute Gasteiger partial charge is 0.343 e. The zero-order chi connectivity index (χ0) is 61.2. The zero-order valence-corrected chi connectivity index (χ0v) is 54.5. The fourth-order valence-corrected chi connectivity index (χ4v) is 10.8. The lowest BCUT2D eigenvalue weighted by Gasteiger charge is -2.13. The third-order valence-electron chi connectivity index (χ3n) is 16.2. The van der Waals surface area contributed by atoms with Crippen molar-refractivity contribution in [2.24, 2.45) is 0 Å². The zero-order valence-electron chi connectivity index (χ0n) is 54.5. The van der Waals surface area contributed by atoms with Crippen molar-refractivity contribution < 1.29 is 42.8 Å². The van der Waals surface area contributed by atoms with E-state index in [-0.39, 0.29) is 5.78 Å². The van der Waals surface area contributed by atoms with E-state index in [1.807, 2.05) is 12.1 Å². The first-order valence-electron chi connectivity index (χ1n) is 35.0. The molecule has 0 spiro atoms. The molecule has 9 heteroatoms. The van der Waals surface area contributed by atoms with E-state index < -0.39 is 11.9 Å². The average Bonchev–Trinajstić information content (AvgIpc) is 3.67. The van der Waals surface area contributed by atoms with Crippen LogP contribution in [0.15, 0.2) is 91.0 Å². The summed E-state index contributed by atoms with van der Waals surface area (Å²) >= 11 is 0. The summed E-state index contributed by atoms with van der Waals surface area (Å²) in [4.78, 5) is 40.6. The highest BCUT2D eigenvalue weighted by atomic mass is 16.5. The highest BCUT2D eigenvalue weighted by molar-refractivity contribution is 6.07. The van der Waals surface area contributed by atoms with Crippen LogP contribution in [-0.2, 0) is 0 Å². The standard InChI is InChI=1S/C77H116O9/c1-5-9-13-17-21-25-29-33-37-41-55-81-71-59-67(60-72(63-71)82-56-42-38-34-30-26-22-18-14-10-6-2)76(79)85-69-50-45-65(46-51-69)47-54-75(78)66-48-52-70(53-49-66)86-77(80)68-61-73(83-57-43-39-35-31-27-23-19-15-11-7-3)64-74(62-68)84-58-44-40-36-32-28-24-20-16-12-8-4/h45-54,59-64H,5-44,55-58H2,1-4H3/b54-47+. The summed E-state index contributed by atoms with van der Waals surface area (Å²) in [5.41, 5.74) is 1.91. The normalized spacial score (nSPS) is 11.3. The first-order valence-corrected chi connectivity index (χ1v) is 35.0. The summed E-state index contributed by atoms with van der Waals surface area (Å²) in [6, 6.07) is 24.3. The van der Waals surface area contributed by atoms with Crippen LogP contribution in [0.5, 0.6) is 34.5 Å². The molecule has 0 saturated heterocycles. The molecule has 4 aromatic carbocycles. The molecule has 0 amide bonds. The van der Waals surface area contributed by atoms with Crippen molar-refractivity contribution in [3.63, 3.8) is 0 Å². The van der Waals surface area contributed by atoms with E-state index in [2.05, 4.69) is 27.7 Å². The van der Waals surface area contributed by atoms with Crippen molar-refractivity contribution >= 4 is 23.8 Å². The Bertz CT molecular complexity index is 2280. The molecule has 0 aliphatic carbocycles. The molecule has 478 valence electrons. The van der Waals surface area contributed by atoms with Gasteiger partial charge in [-0.1, -0.05) is 277 Å². The predicted octanol–water partition coefficient (Wildman–Crippen LogP) is 23.2. The molecule has 4 rings (SSSR count). The van der Waals surface area contributed by atoms with Crippen molar-refractivity contribution in [2.45, 2.75) is 285 Å². The van der Waals surface area contributed by atoms with Crippen molar-refractivity contribution in [3.05, 3.63) is 113 Å². The quantitative estimate of drug-likeness (QED) is 0.0140. The van der Waals surface area contributed by atoms with Crippen LogP contribution in [0.2, 0.25) is 0 Å². The van der Waals surface area contributed by atoms with Gasteiger partial charge in [0.05, 0.1) is 37.6 Å². The highest BCUT2D eigenvalue weighted by Crippen LogP contribution is 2.28. The minimum Gasteiger partial charge on any atom is -0.493 e. The Morgan fingerprint density at radius 2 is 0.523 bits per heavy atom. The number of carbonyl (C=O) groups is 3. The van der Waals surface area contributed by atoms with Crippen LogP contribution in [0.3, 0.4) is 0 Å². The average molecular weight is 1190 g/mol. The Morgan fingerprint density at radius 3 is 0.791 bits per heavy atom. The molecule has 0 aromatic heterocycles. The third kappa shape index (κ3) is 35.3. The van der Waals surface area contributed by atoms with Crippen molar-refractivity contribution in [2.75, 3.05) is 26.4 Å². The Morgan fingerprint density at radius 1 is 0.279 bits per heavy atom. The lowest BCUT2D eigenvalue weighted by atomic mass is 10.1. The van der Waals surface area contributed by atoms with Crippen LogP contribution in [0.25, 0.3) is 6.08 Å². The maximum absolute atomic E-state index is 13.6. The molecule has 0 unspecified atom stereocenters. The van der Waals surface area contributed by atoms with Gasteiger partial charge in [0.1, 0.15) is 34.5 Å². The molecule has 4 aromatic rings. The number of ether oxygens (including phenoxy) is 6. The van der Waals surface area contributed by atoms with Gasteiger partial charge < -0.3 is 28.4 Å². The first kappa shape index (κ1) is 72.9. The number of hydrogen-bond acceptors (Lipinski definition) is 9. The van der Waals surface area contributed by atoms with Crippen LogP contribution in [0.4, 0.5) is 0 Å². The summed E-state index contributed by atoms with van der Waals surface area (Å²) in [5, 5.41) is 0. The summed E-state index contributed by atoms with van der Waals surface area (Å²) < 4.78 is 36.5. The second kappa shape index (κ2) is 49.4. The van der Waals surface area contributed by atoms with Gasteiger partial charge in [0.25, 0.3) is 0 Å². The van der Waals surface area contributed by atoms with Crippen molar-refractivity contribution in [1.29, 1.82) is 0 Å². The van der Waals surface area contributed by atoms with E-state index >= 15 is 0 Å². The maximum atomic E-state index is 13.6. The lowest BCUT2D eigenvalue weighted by Crippen LogP contribution is -2.10. The minimum absolute atomic E-state index is 0.212. The van der Waals surface area contributed by atoms with E-state index in [1.54, 1.807) is 78.9 Å². The van der Waals surface area contributed by atoms with E-state index in [9.17, 15) is 14.4 Å². The van der Waals surface area contributed by atoms with Gasteiger partial charge in [0.2, 0.25) is 0 Å². The van der Waals surface area contributed by atoms with Gasteiger partial charge in [-0.25, -0.2) is 9.59 Å². The summed E-state index contributed by atoms with van der Waals surface area (Å²) in [5.74, 6) is 1.84. The molecule has 86 heavy (non-hydrogen) atoms. The molecule has 0 fully saturated rings. The van der Waals surface area contributed by atoms with E-state index in [1.165, 1.54) is 212 Å². The predicted molar refractivity (Wildman–Crippen MR) is 358 cm³/mol. The SMILES string of the molecule is CCCCCCCCCCCCOc1cc(OCCCCCCCCCCCC)cc(C(=O)Oc2ccc(/C=C/C(=O)c3ccc(OC(=O)c4cc(OCCCCCCCCCCCC)cc(OCCCCCCCCCCCC)c4)cc3)cc2)c1. The molecule has 0 saturated carbocycles. The summed E-state index contributed by atoms with van der Waals surface area (Å²) in [7, 11) is 0. The molecular formula is C77H116O9. The molecule has 9 nitrogen and oxygen atoms in total. The monoisotopic (exact) mass is 1180 g/mol. The Kier molecular flexibility index (Phi) is 41.9. The number of ketones is 1. The van der Waals surface area contributed by atoms with E-state index in [4.69, 9.17) is 28.4 Å². The van der Waals surface area contributed by atoms with Crippen LogP contribution in [-0.4, -0.2) is 44.1 Å². The molecule has 0 aliphatic rings. The molecule has 0 bridgehead atoms. The van der Waals surface area contributed by atoms with Gasteiger partial charge in [-0.15, -0.1) is 0 Å². The number of esters is 2. The number of carbonyl (C=O) groups excluding carboxylic acids is 3. The molecule has 0 radical (unpaired) electrons. The second-order valence-electron chi connectivity index (χ2n) is 24.1. The van der Waals surface area contributed by atoms with E-state index in [0.29, 0.717) is 77.6 Å². The van der Waals surface area contributed by atoms with E-state index in [0.717, 1.165) is 56.9 Å². The fourth-order valence-electron chi connectivity index (χ4n) is 10.8. The number of rotatable bonds is 55. The van der Waals surface area contributed by atoms with Crippen LogP contribution < -0.4 is 28.4 Å². The molecule has 0 atom stereocenters. The molecule has 0 N–H and O–H groups in total. The molecular weight excluding hydrogens is 1070 g/mol. The Labute approximate surface area is 522 Å². The number of unbranched alkanes of at least 4 members (excludes halogenated alkanes) is 36. The Balaban J connectivity index is 1.28. The highest BCUT2D eigenvalue weighted by Gasteiger charge is 2.16. The van der Waals surface area contributed by atoms with Crippen LogP contribution >= 0.6 is 0 Å². The van der Waals surface area contributed by atoms with Gasteiger partial charge >= 0.3 is 11.9 Å². The second-order valence-corrected chi connectivity index (χ2v) is 24.1. The third-order valence-corrected chi connectivity index (χ3v) is 16.2. The first-order chi connectivity index (χ1) is 42.3. The summed E-state index contributed by atoms with van der Waals surface area (Å²) in [6.07, 6.45) is 53.1. The number of hydrogen-bond donors (Lipinski definition) is 0. The van der Waals surface area contributed by atoms with Crippen molar-refractivity contribution in [3.8, 4) is 34.5 Å². The number of allylic oxidation sites excluding steroid dienone is 1. The van der Waals surface area contributed by atoms with Crippen molar-refractivity contribution in [1.82, 2.24) is 0 Å². The number of benzene rings is 4. The Hall–Kier alpha value is -5.57. The van der Waals surface area contributed by atoms with Gasteiger partial charge in [-0.3, -0.25) is 4.79 Å². The van der Waals surface area contributed by atoms with Gasteiger partial charge in [0.15, 0.2) is 5.78 Å². The molecule has 0 heterocycles. The fraction of sp³-hybridized carbons (Fsp3) is 0.623. The summed E-state index contributed by atoms with van der Waals surface area (Å²) in [6.45, 7) is 11.3. The topological polar surface area (TPSA) is 107 Å². The lowest BCUT2D eigenvalue weighted by molar-refractivity contribution is 0.0724. The van der Waals surface area contributed by atoms with Gasteiger partial charge in [-0.2, -0.15) is 0 Å². The largest absolute Gasteiger partial charge is 0.493 e. The van der Waals surface area contributed by atoms with Gasteiger partial charge in [0, 0.05) is 17.7 Å². The van der Waals surface area contributed by atoms with Gasteiger partial charge in [-0.05, 0) is 98.0 Å². The maximum Gasteiger partial charge on any atom is 0.343 e. The molecule has 0 aliphatic heterocycles.